The van der Waals surface area contributed by atoms with Gasteiger partial charge in [-0.05, 0) is 12.8 Å². The van der Waals surface area contributed by atoms with Crippen LogP contribution in [-0.2, 0) is 0 Å². The van der Waals surface area contributed by atoms with Crippen molar-refractivity contribution < 1.29 is 57.1 Å². The second-order valence-electron chi connectivity index (χ2n) is 5.65. The lowest BCUT2D eigenvalue weighted by Gasteiger charge is -2.39. The lowest BCUT2D eigenvalue weighted by molar-refractivity contribution is -0.440. The number of hydrogen-bond acceptors (Lipinski definition) is 0. The molecule has 0 atom stereocenters. The average molecular weight is 430 g/mol. The number of unbranched alkanes of at least 4 members (excludes halogenated alkanes) is 2. The molecule has 0 saturated carbocycles. The van der Waals surface area contributed by atoms with E-state index in [1.54, 1.807) is 6.92 Å². The quantitative estimate of drug-likeness (QED) is 0.195. The van der Waals surface area contributed by atoms with Crippen LogP contribution in [0.25, 0.3) is 0 Å². The lowest BCUT2D eigenvalue weighted by atomic mass is 9.92. The molecule has 0 heterocycles. The fourth-order valence-corrected chi connectivity index (χ4v) is 1.78. The minimum Gasteiger partial charge on any atom is -0.200 e. The topological polar surface area (TPSA) is 0 Å². The van der Waals surface area contributed by atoms with Crippen molar-refractivity contribution >= 4 is 0 Å². The van der Waals surface area contributed by atoms with E-state index in [-0.39, 0.29) is 0 Å². The van der Waals surface area contributed by atoms with Crippen LogP contribution >= 0.6 is 0 Å². The van der Waals surface area contributed by atoms with Crippen molar-refractivity contribution in [3.63, 3.8) is 0 Å². The maximum absolute atomic E-state index is 13.4. The van der Waals surface area contributed by atoms with Gasteiger partial charge in [0.25, 0.3) is 0 Å². The second kappa shape index (κ2) is 8.06. The van der Waals surface area contributed by atoms with Gasteiger partial charge >= 0.3 is 35.8 Å². The van der Waals surface area contributed by atoms with Gasteiger partial charge in [0.05, 0.1) is 0 Å². The van der Waals surface area contributed by atoms with Crippen molar-refractivity contribution in [1.82, 2.24) is 0 Å². The van der Waals surface area contributed by atoms with Crippen molar-refractivity contribution in [2.75, 3.05) is 0 Å². The first-order chi connectivity index (χ1) is 11.8. The van der Waals surface area contributed by atoms with Crippen LogP contribution in [0.1, 0.15) is 39.0 Å². The Morgan fingerprint density at radius 3 is 1.37 bits per heavy atom. The number of halogens is 13. The van der Waals surface area contributed by atoms with Crippen LogP contribution in [0.15, 0.2) is 12.2 Å². The predicted molar refractivity (Wildman–Crippen MR) is 68.7 cm³/mol. The minimum atomic E-state index is -7.83. The first kappa shape index (κ1) is 25.8. The molecule has 13 heteroatoms. The highest BCUT2D eigenvalue weighted by atomic mass is 19.4. The molecule has 0 aromatic heterocycles. The summed E-state index contributed by atoms with van der Waals surface area (Å²) in [4.78, 5) is 0. The van der Waals surface area contributed by atoms with Crippen LogP contribution in [0.3, 0.4) is 0 Å². The Kier molecular flexibility index (Phi) is 7.71. The maximum Gasteiger partial charge on any atom is 0.460 e. The molecule has 0 bridgehead atoms. The van der Waals surface area contributed by atoms with E-state index in [4.69, 9.17) is 0 Å². The van der Waals surface area contributed by atoms with Crippen molar-refractivity contribution in [2.45, 2.75) is 74.8 Å². The van der Waals surface area contributed by atoms with Crippen LogP contribution in [0.5, 0.6) is 0 Å². The molecule has 0 unspecified atom stereocenters. The third-order valence-corrected chi connectivity index (χ3v) is 3.51. The summed E-state index contributed by atoms with van der Waals surface area (Å²) >= 11 is 0. The Labute approximate surface area is 145 Å². The molecule has 0 radical (unpaired) electrons. The Bertz CT molecular complexity index is 502. The van der Waals surface area contributed by atoms with Crippen LogP contribution in [0, 0.1) is 0 Å². The normalized spacial score (nSPS) is 15.6. The number of hydrogen-bond donors (Lipinski definition) is 0. The summed E-state index contributed by atoms with van der Waals surface area (Å²) in [6.07, 6.45) is -6.97. The van der Waals surface area contributed by atoms with E-state index in [2.05, 4.69) is 0 Å². The standard InChI is InChI=1S/C14H15F13/c1-2-3-4-5-6-7-8-9(15,16)10(17,18)11(19,20)12(21,22)13(23,24)14(25,26)27/h5-6H,2-4,7-8H2,1H3. The summed E-state index contributed by atoms with van der Waals surface area (Å²) in [5.74, 6) is -36.4. The van der Waals surface area contributed by atoms with Crippen LogP contribution in [-0.4, -0.2) is 35.8 Å². The van der Waals surface area contributed by atoms with E-state index in [1.165, 1.54) is 6.08 Å². The van der Waals surface area contributed by atoms with E-state index in [9.17, 15) is 57.1 Å². The second-order valence-corrected chi connectivity index (χ2v) is 5.65. The van der Waals surface area contributed by atoms with E-state index in [0.717, 1.165) is 6.08 Å². The molecule has 0 fully saturated rings. The van der Waals surface area contributed by atoms with Gasteiger partial charge in [0.15, 0.2) is 0 Å². The number of rotatable bonds is 10. The third-order valence-electron chi connectivity index (χ3n) is 3.51. The highest BCUT2D eigenvalue weighted by Crippen LogP contribution is 2.60. The number of alkyl halides is 13. The Morgan fingerprint density at radius 2 is 0.963 bits per heavy atom. The van der Waals surface area contributed by atoms with Gasteiger partial charge in [-0.15, -0.1) is 0 Å². The summed E-state index contributed by atoms with van der Waals surface area (Å²) in [6.45, 7) is 1.75. The Morgan fingerprint density at radius 1 is 0.556 bits per heavy atom. The lowest BCUT2D eigenvalue weighted by Crippen LogP contribution is -2.70. The van der Waals surface area contributed by atoms with Crippen LogP contribution in [0.4, 0.5) is 57.1 Å². The summed E-state index contributed by atoms with van der Waals surface area (Å²) < 4.78 is 167. The van der Waals surface area contributed by atoms with Gasteiger partial charge in [-0.3, -0.25) is 0 Å². The molecule has 0 amide bonds. The highest BCUT2D eigenvalue weighted by molar-refractivity contribution is 5.10. The molecule has 0 N–H and O–H groups in total. The fraction of sp³-hybridized carbons (Fsp3) is 0.857. The first-order valence-electron chi connectivity index (χ1n) is 7.42. The van der Waals surface area contributed by atoms with Crippen molar-refractivity contribution in [3.05, 3.63) is 12.2 Å². The average Bonchev–Trinajstić information content (AvgIpc) is 2.48. The monoisotopic (exact) mass is 430 g/mol. The zero-order valence-corrected chi connectivity index (χ0v) is 13.6. The molecule has 0 spiro atoms. The summed E-state index contributed by atoms with van der Waals surface area (Å²) in [5.41, 5.74) is 0. The summed E-state index contributed by atoms with van der Waals surface area (Å²) in [5, 5.41) is 0. The van der Waals surface area contributed by atoms with Crippen molar-refractivity contribution in [1.29, 1.82) is 0 Å². The largest absolute Gasteiger partial charge is 0.460 e. The molecule has 0 aliphatic carbocycles. The van der Waals surface area contributed by atoms with Gasteiger partial charge in [0, 0.05) is 6.42 Å². The zero-order chi connectivity index (χ0) is 21.9. The van der Waals surface area contributed by atoms with Gasteiger partial charge in [-0.1, -0.05) is 31.9 Å². The third kappa shape index (κ3) is 4.64. The zero-order valence-electron chi connectivity index (χ0n) is 13.6. The number of allylic oxidation sites excluding steroid dienone is 2. The van der Waals surface area contributed by atoms with E-state index in [0.29, 0.717) is 19.3 Å². The molecule has 0 aliphatic rings. The van der Waals surface area contributed by atoms with Crippen molar-refractivity contribution in [3.8, 4) is 0 Å². The molecule has 0 rings (SSSR count). The predicted octanol–water partition coefficient (Wildman–Crippen LogP) is 7.25. The fourth-order valence-electron chi connectivity index (χ4n) is 1.78. The van der Waals surface area contributed by atoms with E-state index >= 15 is 0 Å². The van der Waals surface area contributed by atoms with Gasteiger partial charge < -0.3 is 0 Å². The summed E-state index contributed by atoms with van der Waals surface area (Å²) in [6, 6.07) is 0. The van der Waals surface area contributed by atoms with Gasteiger partial charge in [0.1, 0.15) is 0 Å². The molecule has 0 saturated heterocycles. The molecule has 162 valence electrons. The molecule has 0 aliphatic heterocycles. The first-order valence-corrected chi connectivity index (χ1v) is 7.42. The molecular weight excluding hydrogens is 415 g/mol. The van der Waals surface area contributed by atoms with Gasteiger partial charge in [0.2, 0.25) is 0 Å². The maximum atomic E-state index is 13.4. The Balaban J connectivity index is 5.65. The SMILES string of the molecule is CCCCC=CCCC(F)(F)C(F)(F)C(F)(F)C(F)(F)C(F)(F)C(F)(F)F. The highest BCUT2D eigenvalue weighted by Gasteiger charge is 2.90. The van der Waals surface area contributed by atoms with Gasteiger partial charge in [-0.25, -0.2) is 0 Å². The Hall–Kier alpha value is -1.17. The molecular formula is C14H15F13. The van der Waals surface area contributed by atoms with E-state index < -0.39 is 48.6 Å². The van der Waals surface area contributed by atoms with Crippen LogP contribution < -0.4 is 0 Å². The molecule has 0 aromatic rings. The molecule has 27 heavy (non-hydrogen) atoms. The molecule has 0 nitrogen and oxygen atoms in total. The smallest absolute Gasteiger partial charge is 0.200 e. The summed E-state index contributed by atoms with van der Waals surface area (Å²) in [7, 11) is 0. The van der Waals surface area contributed by atoms with Crippen LogP contribution in [0.2, 0.25) is 0 Å². The van der Waals surface area contributed by atoms with E-state index in [1.807, 2.05) is 0 Å². The minimum absolute atomic E-state index is 0.310. The van der Waals surface area contributed by atoms with Gasteiger partial charge in [-0.2, -0.15) is 57.1 Å². The molecule has 0 aromatic carbocycles. The van der Waals surface area contributed by atoms with Crippen molar-refractivity contribution in [2.24, 2.45) is 0 Å².